The molecule has 8 heteroatoms. The average Bonchev–Trinajstić information content (AvgIpc) is 2.63. The number of guanidine groups is 1. The zero-order valence-electron chi connectivity index (χ0n) is 15.4. The third kappa shape index (κ3) is 6.62. The quantitative estimate of drug-likeness (QED) is 0.224. The van der Waals surface area contributed by atoms with E-state index in [-0.39, 0.29) is 35.8 Å². The molecule has 1 aliphatic heterocycles. The van der Waals surface area contributed by atoms with Crippen LogP contribution in [0.3, 0.4) is 0 Å². The van der Waals surface area contributed by atoms with Crippen LogP contribution < -0.4 is 10.2 Å². The molecule has 1 aromatic rings. The van der Waals surface area contributed by atoms with Crippen molar-refractivity contribution < 1.29 is 13.9 Å². The molecule has 0 spiro atoms. The average molecular weight is 478 g/mol. The molecule has 0 aliphatic carbocycles. The first kappa shape index (κ1) is 22.5. The SMILES string of the molecule is CCOC(=O)CCCNC(=NC)N1CCN(c2ccccc2F)CC1.I. The van der Waals surface area contributed by atoms with Crippen LogP contribution in [0.2, 0.25) is 0 Å². The minimum absolute atomic E-state index is 0. The standard InChI is InChI=1S/C18H27FN4O2.HI/c1-3-25-17(24)9-6-10-21-18(20-2)23-13-11-22(12-14-23)16-8-5-4-7-15(16)19;/h4-5,7-8H,3,6,9-14H2,1-2H3,(H,20,21);1H. The number of piperazine rings is 1. The van der Waals surface area contributed by atoms with Crippen LogP contribution in [0, 0.1) is 5.82 Å². The lowest BCUT2D eigenvalue weighted by molar-refractivity contribution is -0.143. The van der Waals surface area contributed by atoms with Crippen molar-refractivity contribution in [3.63, 3.8) is 0 Å². The number of carbonyl (C=O) groups is 1. The Morgan fingerprint density at radius 3 is 2.58 bits per heavy atom. The molecule has 0 amide bonds. The first-order chi connectivity index (χ1) is 12.2. The molecule has 0 aromatic heterocycles. The van der Waals surface area contributed by atoms with Gasteiger partial charge < -0.3 is 19.9 Å². The van der Waals surface area contributed by atoms with Crippen molar-refractivity contribution in [2.24, 2.45) is 4.99 Å². The number of nitrogens with one attached hydrogen (secondary N) is 1. The number of nitrogens with zero attached hydrogens (tertiary/aromatic N) is 3. The van der Waals surface area contributed by atoms with Gasteiger partial charge in [-0.2, -0.15) is 0 Å². The number of esters is 1. The highest BCUT2D eigenvalue weighted by atomic mass is 127. The van der Waals surface area contributed by atoms with Crippen molar-refractivity contribution >= 4 is 41.6 Å². The Morgan fingerprint density at radius 1 is 1.27 bits per heavy atom. The summed E-state index contributed by atoms with van der Waals surface area (Å²) in [6.07, 6.45) is 1.10. The summed E-state index contributed by atoms with van der Waals surface area (Å²) in [4.78, 5) is 19.8. The fourth-order valence-corrected chi connectivity index (χ4v) is 2.87. The summed E-state index contributed by atoms with van der Waals surface area (Å²) in [6, 6.07) is 6.87. The summed E-state index contributed by atoms with van der Waals surface area (Å²) in [6.45, 7) is 5.91. The van der Waals surface area contributed by atoms with Crippen LogP contribution >= 0.6 is 24.0 Å². The second-order valence-electron chi connectivity index (χ2n) is 5.81. The van der Waals surface area contributed by atoms with Crippen LogP contribution in [0.25, 0.3) is 0 Å². The number of para-hydroxylation sites is 1. The van der Waals surface area contributed by atoms with E-state index >= 15 is 0 Å². The van der Waals surface area contributed by atoms with Gasteiger partial charge in [-0.15, -0.1) is 24.0 Å². The van der Waals surface area contributed by atoms with Crippen molar-refractivity contribution in [2.45, 2.75) is 19.8 Å². The van der Waals surface area contributed by atoms with Gasteiger partial charge in [0.15, 0.2) is 5.96 Å². The van der Waals surface area contributed by atoms with Crippen LogP contribution in [-0.2, 0) is 9.53 Å². The van der Waals surface area contributed by atoms with Gasteiger partial charge in [0, 0.05) is 46.2 Å². The van der Waals surface area contributed by atoms with E-state index < -0.39 is 0 Å². The first-order valence-electron chi connectivity index (χ1n) is 8.76. The number of benzene rings is 1. The Kier molecular flexibility index (Phi) is 10.3. The van der Waals surface area contributed by atoms with E-state index in [0.717, 1.165) is 32.1 Å². The lowest BCUT2D eigenvalue weighted by atomic mass is 10.2. The van der Waals surface area contributed by atoms with E-state index in [0.29, 0.717) is 31.7 Å². The molecule has 1 N–H and O–H groups in total. The summed E-state index contributed by atoms with van der Waals surface area (Å²) in [5.74, 6) is 0.465. The summed E-state index contributed by atoms with van der Waals surface area (Å²) in [7, 11) is 1.75. The van der Waals surface area contributed by atoms with Crippen molar-refractivity contribution in [1.29, 1.82) is 0 Å². The molecule has 1 aromatic carbocycles. The van der Waals surface area contributed by atoms with E-state index in [1.165, 1.54) is 6.07 Å². The third-order valence-electron chi connectivity index (χ3n) is 4.13. The van der Waals surface area contributed by atoms with Crippen LogP contribution in [0.4, 0.5) is 10.1 Å². The van der Waals surface area contributed by atoms with Crippen LogP contribution in [0.1, 0.15) is 19.8 Å². The third-order valence-corrected chi connectivity index (χ3v) is 4.13. The molecule has 0 saturated carbocycles. The Morgan fingerprint density at radius 2 is 1.96 bits per heavy atom. The molecule has 1 fully saturated rings. The number of anilines is 1. The maximum absolute atomic E-state index is 13.9. The predicted octanol–water partition coefficient (Wildman–Crippen LogP) is 2.48. The lowest BCUT2D eigenvalue weighted by Gasteiger charge is -2.37. The molecular weight excluding hydrogens is 450 g/mol. The van der Waals surface area contributed by atoms with Crippen LogP contribution in [-0.4, -0.2) is 63.2 Å². The Hall–Kier alpha value is -1.58. The van der Waals surface area contributed by atoms with Gasteiger partial charge in [0.05, 0.1) is 12.3 Å². The largest absolute Gasteiger partial charge is 0.466 e. The minimum atomic E-state index is -0.183. The van der Waals surface area contributed by atoms with Gasteiger partial charge in [0.2, 0.25) is 0 Å². The van der Waals surface area contributed by atoms with Gasteiger partial charge in [-0.25, -0.2) is 4.39 Å². The Bertz CT molecular complexity index is 592. The summed E-state index contributed by atoms with van der Waals surface area (Å²) in [5.41, 5.74) is 0.652. The van der Waals surface area contributed by atoms with Crippen LogP contribution in [0.5, 0.6) is 0 Å². The van der Waals surface area contributed by atoms with Crippen molar-refractivity contribution in [2.75, 3.05) is 51.3 Å². The highest BCUT2D eigenvalue weighted by Crippen LogP contribution is 2.20. The molecule has 1 saturated heterocycles. The topological polar surface area (TPSA) is 57.2 Å². The molecule has 0 bridgehead atoms. The van der Waals surface area contributed by atoms with Gasteiger partial charge >= 0.3 is 5.97 Å². The van der Waals surface area contributed by atoms with Crippen molar-refractivity contribution in [3.8, 4) is 0 Å². The molecule has 1 heterocycles. The molecule has 26 heavy (non-hydrogen) atoms. The maximum Gasteiger partial charge on any atom is 0.305 e. The molecule has 2 rings (SSSR count). The summed E-state index contributed by atoms with van der Waals surface area (Å²) < 4.78 is 18.8. The lowest BCUT2D eigenvalue weighted by Crippen LogP contribution is -2.52. The second-order valence-corrected chi connectivity index (χ2v) is 5.81. The smallest absolute Gasteiger partial charge is 0.305 e. The van der Waals surface area contributed by atoms with Crippen LogP contribution in [0.15, 0.2) is 29.3 Å². The number of halogens is 2. The monoisotopic (exact) mass is 478 g/mol. The van der Waals surface area contributed by atoms with E-state index in [4.69, 9.17) is 4.74 Å². The van der Waals surface area contributed by atoms with E-state index in [1.807, 2.05) is 12.1 Å². The number of hydrogen-bond acceptors (Lipinski definition) is 4. The molecule has 0 atom stereocenters. The summed E-state index contributed by atoms with van der Waals surface area (Å²) >= 11 is 0. The van der Waals surface area contributed by atoms with Gasteiger partial charge in [0.25, 0.3) is 0 Å². The van der Waals surface area contributed by atoms with Crippen molar-refractivity contribution in [1.82, 2.24) is 10.2 Å². The molecule has 146 valence electrons. The van der Waals surface area contributed by atoms with E-state index in [9.17, 15) is 9.18 Å². The number of ether oxygens (including phenoxy) is 1. The molecular formula is C18H28FIN4O2. The van der Waals surface area contributed by atoms with Gasteiger partial charge in [-0.05, 0) is 25.5 Å². The minimum Gasteiger partial charge on any atom is -0.466 e. The van der Waals surface area contributed by atoms with Crippen molar-refractivity contribution in [3.05, 3.63) is 30.1 Å². The second kappa shape index (κ2) is 11.9. The normalized spacial score (nSPS) is 14.7. The maximum atomic E-state index is 13.9. The molecule has 0 radical (unpaired) electrons. The van der Waals surface area contributed by atoms with Gasteiger partial charge in [-0.1, -0.05) is 12.1 Å². The number of rotatable bonds is 6. The highest BCUT2D eigenvalue weighted by molar-refractivity contribution is 14.0. The van der Waals surface area contributed by atoms with E-state index in [2.05, 4.69) is 20.1 Å². The predicted molar refractivity (Wildman–Crippen MR) is 113 cm³/mol. The number of carbonyl (C=O) groups excluding carboxylic acids is 1. The Balaban J connectivity index is 0.00000338. The van der Waals surface area contributed by atoms with Gasteiger partial charge in [0.1, 0.15) is 5.82 Å². The fourth-order valence-electron chi connectivity index (χ4n) is 2.87. The highest BCUT2D eigenvalue weighted by Gasteiger charge is 2.21. The zero-order valence-corrected chi connectivity index (χ0v) is 17.7. The van der Waals surface area contributed by atoms with Gasteiger partial charge in [-0.3, -0.25) is 9.79 Å². The molecule has 6 nitrogen and oxygen atoms in total. The molecule has 0 unspecified atom stereocenters. The Labute approximate surface area is 171 Å². The zero-order chi connectivity index (χ0) is 18.1. The summed E-state index contributed by atoms with van der Waals surface area (Å²) in [5, 5.41) is 3.28. The van der Waals surface area contributed by atoms with E-state index in [1.54, 1.807) is 20.0 Å². The fraction of sp³-hybridized carbons (Fsp3) is 0.556. The number of hydrogen-bond donors (Lipinski definition) is 1. The first-order valence-corrected chi connectivity index (χ1v) is 8.76. The molecule has 1 aliphatic rings. The number of aliphatic imine (C=N–C) groups is 1.